The topological polar surface area (TPSA) is 57.7 Å². The zero-order valence-corrected chi connectivity index (χ0v) is 14.8. The van der Waals surface area contributed by atoms with E-state index in [2.05, 4.69) is 6.07 Å². The zero-order valence-electron chi connectivity index (χ0n) is 14.8. The highest BCUT2D eigenvalue weighted by Crippen LogP contribution is 2.51. The molecule has 3 heterocycles. The van der Waals surface area contributed by atoms with Crippen molar-refractivity contribution < 1.29 is 14.4 Å². The molecule has 5 nitrogen and oxygen atoms in total. The van der Waals surface area contributed by atoms with Crippen molar-refractivity contribution in [3.8, 4) is 0 Å². The van der Waals surface area contributed by atoms with Crippen molar-refractivity contribution >= 4 is 29.5 Å². The van der Waals surface area contributed by atoms with Gasteiger partial charge in [0.05, 0.1) is 29.6 Å². The molecule has 2 saturated heterocycles. The van der Waals surface area contributed by atoms with Gasteiger partial charge in [0.2, 0.25) is 11.8 Å². The van der Waals surface area contributed by atoms with Gasteiger partial charge in [-0.1, -0.05) is 42.0 Å². The van der Waals surface area contributed by atoms with Crippen LogP contribution in [0.15, 0.2) is 60.7 Å². The molecule has 0 bridgehead atoms. The maximum atomic E-state index is 13.1. The molecule has 2 fully saturated rings. The van der Waals surface area contributed by atoms with Gasteiger partial charge in [0.25, 0.3) is 0 Å². The van der Waals surface area contributed by atoms with E-state index >= 15 is 0 Å². The third kappa shape index (κ3) is 2.08. The van der Waals surface area contributed by atoms with E-state index < -0.39 is 17.9 Å². The molecule has 27 heavy (non-hydrogen) atoms. The standard InChI is InChI=1S/C22H18N2O3/c1-13-6-5-7-14(10-13)16-11-17-19-20(18(12-25)24(16)17)22(27)23(21(19)26)15-8-3-2-4-9-15/h2-12,17-20H,1H3. The number of nitrogens with zero attached hydrogens (tertiary/aromatic N) is 2. The maximum absolute atomic E-state index is 13.1. The van der Waals surface area contributed by atoms with Gasteiger partial charge in [-0.3, -0.25) is 9.59 Å². The molecule has 4 unspecified atom stereocenters. The quantitative estimate of drug-likeness (QED) is 0.625. The van der Waals surface area contributed by atoms with Gasteiger partial charge >= 0.3 is 0 Å². The van der Waals surface area contributed by atoms with E-state index in [0.29, 0.717) is 5.69 Å². The minimum absolute atomic E-state index is 0.203. The molecule has 3 aliphatic heterocycles. The number of amides is 2. The molecule has 3 aliphatic rings. The number of rotatable bonds is 3. The Morgan fingerprint density at radius 3 is 2.37 bits per heavy atom. The fourth-order valence-corrected chi connectivity index (χ4v) is 4.68. The molecule has 5 rings (SSSR count). The average molecular weight is 358 g/mol. The molecular weight excluding hydrogens is 340 g/mol. The molecule has 5 heteroatoms. The lowest BCUT2D eigenvalue weighted by molar-refractivity contribution is -0.125. The molecular formula is C22H18N2O3. The first-order valence-electron chi connectivity index (χ1n) is 9.07. The molecule has 0 aliphatic carbocycles. The molecule has 0 spiro atoms. The summed E-state index contributed by atoms with van der Waals surface area (Å²) in [7, 11) is 0. The van der Waals surface area contributed by atoms with Crippen molar-refractivity contribution in [3.63, 3.8) is 0 Å². The van der Waals surface area contributed by atoms with Crippen molar-refractivity contribution in [1.29, 1.82) is 0 Å². The summed E-state index contributed by atoms with van der Waals surface area (Å²) in [5.74, 6) is -1.62. The van der Waals surface area contributed by atoms with Gasteiger partial charge in [-0.05, 0) is 36.8 Å². The van der Waals surface area contributed by atoms with Crippen LogP contribution in [0.4, 0.5) is 5.69 Å². The highest BCUT2D eigenvalue weighted by atomic mass is 16.2. The highest BCUT2D eigenvalue weighted by Gasteiger charge is 2.64. The van der Waals surface area contributed by atoms with Crippen LogP contribution in [0.25, 0.3) is 5.70 Å². The fourth-order valence-electron chi connectivity index (χ4n) is 4.68. The Bertz CT molecular complexity index is 998. The molecule has 134 valence electrons. The molecule has 0 N–H and O–H groups in total. The zero-order chi connectivity index (χ0) is 18.7. The van der Waals surface area contributed by atoms with Gasteiger partial charge in [-0.15, -0.1) is 0 Å². The summed E-state index contributed by atoms with van der Waals surface area (Å²) in [6.45, 7) is 2.01. The number of hydrogen-bond donors (Lipinski definition) is 0. The van der Waals surface area contributed by atoms with Crippen LogP contribution < -0.4 is 4.90 Å². The fraction of sp³-hybridized carbons (Fsp3) is 0.227. The highest BCUT2D eigenvalue weighted by molar-refractivity contribution is 6.24. The number of carbonyl (C=O) groups is 3. The summed E-state index contributed by atoms with van der Waals surface area (Å²) in [5, 5.41) is 0. The van der Waals surface area contributed by atoms with Crippen molar-refractivity contribution in [3.05, 3.63) is 71.8 Å². The number of imide groups is 1. The average Bonchev–Trinajstić information content (AvgIpc) is 3.05. The number of para-hydroxylation sites is 1. The Hall–Kier alpha value is -3.21. The van der Waals surface area contributed by atoms with Crippen LogP contribution in [0.5, 0.6) is 0 Å². The lowest BCUT2D eigenvalue weighted by Crippen LogP contribution is -2.48. The van der Waals surface area contributed by atoms with Crippen LogP contribution in [0.2, 0.25) is 0 Å². The van der Waals surface area contributed by atoms with Crippen LogP contribution in [0.1, 0.15) is 11.1 Å². The number of carbonyl (C=O) groups excluding carboxylic acids is 3. The second-order valence-electron chi connectivity index (χ2n) is 7.34. The third-order valence-corrected chi connectivity index (χ3v) is 5.85. The van der Waals surface area contributed by atoms with E-state index in [-0.39, 0.29) is 17.9 Å². The van der Waals surface area contributed by atoms with Gasteiger partial charge in [0.1, 0.15) is 6.29 Å². The molecule has 2 aromatic carbocycles. The van der Waals surface area contributed by atoms with E-state index in [1.807, 2.05) is 42.2 Å². The van der Waals surface area contributed by atoms with Crippen molar-refractivity contribution in [2.45, 2.75) is 19.0 Å². The van der Waals surface area contributed by atoms with Crippen molar-refractivity contribution in [2.75, 3.05) is 4.90 Å². The monoisotopic (exact) mass is 358 g/mol. The van der Waals surface area contributed by atoms with Crippen molar-refractivity contribution in [1.82, 2.24) is 4.90 Å². The first kappa shape index (κ1) is 16.0. The first-order valence-corrected chi connectivity index (χ1v) is 9.07. The summed E-state index contributed by atoms with van der Waals surface area (Å²) in [6, 6.07) is 16.2. The number of anilines is 1. The van der Waals surface area contributed by atoms with Gasteiger partial charge in [0.15, 0.2) is 0 Å². The predicted octanol–water partition coefficient (Wildman–Crippen LogP) is 2.41. The second kappa shape index (κ2) is 5.64. The molecule has 0 saturated carbocycles. The van der Waals surface area contributed by atoms with Gasteiger partial charge < -0.3 is 9.69 Å². The Labute approximate surface area is 156 Å². The number of hydrogen-bond acceptors (Lipinski definition) is 4. The van der Waals surface area contributed by atoms with E-state index in [1.54, 1.807) is 24.3 Å². The SMILES string of the molecule is Cc1cccc(C2=CC3C4C(=O)N(c5ccccc5)C(=O)C4C(C=O)N23)c1. The molecule has 0 radical (unpaired) electrons. The lowest BCUT2D eigenvalue weighted by atomic mass is 9.88. The molecule has 2 aromatic rings. The number of benzene rings is 2. The minimum Gasteiger partial charge on any atom is -0.353 e. The van der Waals surface area contributed by atoms with Gasteiger partial charge in [-0.2, -0.15) is 0 Å². The summed E-state index contributed by atoms with van der Waals surface area (Å²) in [4.78, 5) is 41.3. The van der Waals surface area contributed by atoms with E-state index in [4.69, 9.17) is 0 Å². The molecule has 0 aromatic heterocycles. The van der Waals surface area contributed by atoms with Crippen molar-refractivity contribution in [2.24, 2.45) is 11.8 Å². The third-order valence-electron chi connectivity index (χ3n) is 5.85. The summed E-state index contributed by atoms with van der Waals surface area (Å²) < 4.78 is 0. The second-order valence-corrected chi connectivity index (χ2v) is 7.34. The Morgan fingerprint density at radius 1 is 0.926 bits per heavy atom. The van der Waals surface area contributed by atoms with Crippen LogP contribution in [-0.2, 0) is 14.4 Å². The predicted molar refractivity (Wildman–Crippen MR) is 101 cm³/mol. The largest absolute Gasteiger partial charge is 0.353 e. The molecule has 2 amide bonds. The maximum Gasteiger partial charge on any atom is 0.240 e. The normalized spacial score (nSPS) is 28.6. The number of fused-ring (bicyclic) bond motifs is 3. The van der Waals surface area contributed by atoms with E-state index in [0.717, 1.165) is 23.1 Å². The molecule has 4 atom stereocenters. The van der Waals surface area contributed by atoms with Gasteiger partial charge in [-0.25, -0.2) is 4.90 Å². The first-order chi connectivity index (χ1) is 13.1. The Morgan fingerprint density at radius 2 is 1.67 bits per heavy atom. The van der Waals surface area contributed by atoms with Crippen LogP contribution in [0, 0.1) is 18.8 Å². The van der Waals surface area contributed by atoms with Crippen LogP contribution in [0.3, 0.4) is 0 Å². The van der Waals surface area contributed by atoms with E-state index in [1.165, 1.54) is 4.90 Å². The summed E-state index contributed by atoms with van der Waals surface area (Å²) in [6.07, 6.45) is 2.84. The number of aryl methyl sites for hydroxylation is 1. The minimum atomic E-state index is -0.626. The van der Waals surface area contributed by atoms with Crippen LogP contribution >= 0.6 is 0 Å². The van der Waals surface area contributed by atoms with Crippen LogP contribution in [-0.4, -0.2) is 35.1 Å². The number of aldehydes is 1. The Kier molecular flexibility index (Phi) is 3.34. The smallest absolute Gasteiger partial charge is 0.240 e. The van der Waals surface area contributed by atoms with Gasteiger partial charge in [0, 0.05) is 5.70 Å². The lowest BCUT2D eigenvalue weighted by Gasteiger charge is -2.41. The Balaban J connectivity index is 1.54. The van der Waals surface area contributed by atoms with E-state index in [9.17, 15) is 14.4 Å². The summed E-state index contributed by atoms with van der Waals surface area (Å²) in [5.41, 5.74) is 3.64. The summed E-state index contributed by atoms with van der Waals surface area (Å²) >= 11 is 0.